The topological polar surface area (TPSA) is 46.2 Å². The minimum Gasteiger partial charge on any atom is -0.382 e. The Kier molecular flexibility index (Phi) is 6.30. The molecule has 6 heteroatoms. The molecule has 0 spiro atoms. The Balaban J connectivity index is 2.46. The SMILES string of the molecule is B[C@@H]1O[C@H](COC)[C@@H](OC)[C@H]1OCCOC. The summed E-state index contributed by atoms with van der Waals surface area (Å²) in [5, 5.41) is 0. The van der Waals surface area contributed by atoms with Crippen LogP contribution in [0, 0.1) is 0 Å². The molecule has 0 aromatic carbocycles. The Morgan fingerprint density at radius 1 is 1.06 bits per heavy atom. The van der Waals surface area contributed by atoms with Crippen LogP contribution in [0.2, 0.25) is 0 Å². The molecule has 1 aliphatic heterocycles. The van der Waals surface area contributed by atoms with E-state index in [1.54, 1.807) is 21.3 Å². The molecule has 0 radical (unpaired) electrons. The molecule has 1 heterocycles. The zero-order valence-electron chi connectivity index (χ0n) is 10.5. The summed E-state index contributed by atoms with van der Waals surface area (Å²) in [4.78, 5) is 0. The Labute approximate surface area is 97.7 Å². The van der Waals surface area contributed by atoms with Crippen LogP contribution in [0.5, 0.6) is 0 Å². The van der Waals surface area contributed by atoms with Gasteiger partial charge in [-0.05, 0) is 0 Å². The van der Waals surface area contributed by atoms with Gasteiger partial charge in [0.1, 0.15) is 26.2 Å². The third-order valence-corrected chi connectivity index (χ3v) is 2.74. The van der Waals surface area contributed by atoms with E-state index in [4.69, 9.17) is 23.7 Å². The van der Waals surface area contributed by atoms with Crippen molar-refractivity contribution in [2.24, 2.45) is 0 Å². The Morgan fingerprint density at radius 3 is 2.38 bits per heavy atom. The molecule has 0 aromatic heterocycles. The van der Waals surface area contributed by atoms with E-state index in [9.17, 15) is 0 Å². The lowest BCUT2D eigenvalue weighted by Gasteiger charge is -2.22. The van der Waals surface area contributed by atoms with E-state index < -0.39 is 0 Å². The molecule has 0 N–H and O–H groups in total. The number of hydrogen-bond donors (Lipinski definition) is 0. The van der Waals surface area contributed by atoms with Crippen molar-refractivity contribution >= 4 is 7.85 Å². The maximum Gasteiger partial charge on any atom is 0.142 e. The van der Waals surface area contributed by atoms with Crippen LogP contribution in [0.4, 0.5) is 0 Å². The lowest BCUT2D eigenvalue weighted by Crippen LogP contribution is -2.39. The molecular weight excluding hydrogens is 211 g/mol. The Bertz CT molecular complexity index is 192. The fraction of sp³-hybridized carbons (Fsp3) is 1.00. The van der Waals surface area contributed by atoms with Gasteiger partial charge in [-0.15, -0.1) is 0 Å². The zero-order valence-corrected chi connectivity index (χ0v) is 10.5. The largest absolute Gasteiger partial charge is 0.382 e. The second-order valence-electron chi connectivity index (χ2n) is 3.86. The average molecular weight is 232 g/mol. The highest BCUT2D eigenvalue weighted by Gasteiger charge is 2.43. The highest BCUT2D eigenvalue weighted by atomic mass is 16.6. The van der Waals surface area contributed by atoms with E-state index >= 15 is 0 Å². The number of ether oxygens (including phenoxy) is 5. The zero-order chi connectivity index (χ0) is 12.0. The number of hydrogen-bond acceptors (Lipinski definition) is 5. The normalized spacial score (nSPS) is 34.4. The molecular formula is C10H21BO5. The van der Waals surface area contributed by atoms with Gasteiger partial charge in [0.2, 0.25) is 0 Å². The summed E-state index contributed by atoms with van der Waals surface area (Å²) in [7, 11) is 6.96. The molecule has 94 valence electrons. The van der Waals surface area contributed by atoms with Crippen molar-refractivity contribution in [2.75, 3.05) is 41.2 Å². The first-order valence-corrected chi connectivity index (χ1v) is 5.52. The van der Waals surface area contributed by atoms with Crippen LogP contribution in [0.3, 0.4) is 0 Å². The highest BCUT2D eigenvalue weighted by Crippen LogP contribution is 2.24. The summed E-state index contributed by atoms with van der Waals surface area (Å²) in [6.07, 6.45) is -0.190. The maximum absolute atomic E-state index is 5.73. The van der Waals surface area contributed by atoms with E-state index in [0.29, 0.717) is 19.8 Å². The Morgan fingerprint density at radius 2 is 1.81 bits per heavy atom. The Hall–Kier alpha value is -0.135. The van der Waals surface area contributed by atoms with E-state index in [2.05, 4.69) is 0 Å². The molecule has 4 atom stereocenters. The van der Waals surface area contributed by atoms with Gasteiger partial charge in [-0.2, -0.15) is 0 Å². The molecule has 1 rings (SSSR count). The van der Waals surface area contributed by atoms with Crippen LogP contribution < -0.4 is 0 Å². The van der Waals surface area contributed by atoms with E-state index in [0.717, 1.165) is 0 Å². The van der Waals surface area contributed by atoms with Crippen LogP contribution >= 0.6 is 0 Å². The van der Waals surface area contributed by atoms with Gasteiger partial charge in [0.15, 0.2) is 0 Å². The van der Waals surface area contributed by atoms with Gasteiger partial charge >= 0.3 is 0 Å². The minimum atomic E-state index is -0.0770. The number of rotatable bonds is 7. The summed E-state index contributed by atoms with van der Waals surface area (Å²) in [5.74, 6) is 0. The summed E-state index contributed by atoms with van der Waals surface area (Å²) in [5.41, 5.74) is 0. The van der Waals surface area contributed by atoms with Gasteiger partial charge in [-0.25, -0.2) is 0 Å². The first kappa shape index (κ1) is 13.9. The van der Waals surface area contributed by atoms with Crippen LogP contribution in [0.15, 0.2) is 0 Å². The second-order valence-corrected chi connectivity index (χ2v) is 3.86. The second kappa shape index (κ2) is 7.24. The molecule has 0 unspecified atom stereocenters. The van der Waals surface area contributed by atoms with Crippen LogP contribution in [0.25, 0.3) is 0 Å². The monoisotopic (exact) mass is 232 g/mol. The fourth-order valence-electron chi connectivity index (χ4n) is 1.99. The predicted molar refractivity (Wildman–Crippen MR) is 61.5 cm³/mol. The molecule has 0 saturated carbocycles. The summed E-state index contributed by atoms with van der Waals surface area (Å²) >= 11 is 0. The lowest BCUT2D eigenvalue weighted by atomic mass is 9.93. The summed E-state index contributed by atoms with van der Waals surface area (Å²) < 4.78 is 26.9. The first-order valence-electron chi connectivity index (χ1n) is 5.52. The van der Waals surface area contributed by atoms with E-state index in [-0.39, 0.29) is 24.3 Å². The standard InChI is InChI=1S/C10H21BO5/c1-12-4-5-15-9-8(14-3)7(6-13-2)16-10(9)11/h7-10H,4-6,11H2,1-3H3/t7-,8-,9-,10-/m1/s1. The molecule has 1 saturated heterocycles. The molecule has 0 aromatic rings. The third-order valence-electron chi connectivity index (χ3n) is 2.74. The van der Waals surface area contributed by atoms with E-state index in [1.807, 2.05) is 7.85 Å². The smallest absolute Gasteiger partial charge is 0.142 e. The summed E-state index contributed by atoms with van der Waals surface area (Å²) in [6, 6.07) is 0.0157. The van der Waals surface area contributed by atoms with Crippen molar-refractivity contribution in [3.8, 4) is 0 Å². The van der Waals surface area contributed by atoms with Crippen molar-refractivity contribution in [1.29, 1.82) is 0 Å². The quantitative estimate of drug-likeness (QED) is 0.418. The molecule has 1 aliphatic rings. The summed E-state index contributed by atoms with van der Waals surface area (Å²) in [6.45, 7) is 1.65. The molecule has 0 bridgehead atoms. The van der Waals surface area contributed by atoms with E-state index in [1.165, 1.54) is 0 Å². The van der Waals surface area contributed by atoms with Gasteiger partial charge < -0.3 is 23.7 Å². The lowest BCUT2D eigenvalue weighted by molar-refractivity contribution is -0.0629. The van der Waals surface area contributed by atoms with Crippen molar-refractivity contribution in [1.82, 2.24) is 0 Å². The van der Waals surface area contributed by atoms with Crippen LogP contribution in [-0.2, 0) is 23.7 Å². The van der Waals surface area contributed by atoms with Gasteiger partial charge in [0.05, 0.1) is 25.8 Å². The number of methoxy groups -OCH3 is 3. The molecule has 16 heavy (non-hydrogen) atoms. The third kappa shape index (κ3) is 3.43. The van der Waals surface area contributed by atoms with Gasteiger partial charge in [-0.3, -0.25) is 0 Å². The van der Waals surface area contributed by atoms with Crippen molar-refractivity contribution in [2.45, 2.75) is 24.3 Å². The van der Waals surface area contributed by atoms with Gasteiger partial charge in [0.25, 0.3) is 0 Å². The molecule has 0 aliphatic carbocycles. The molecule has 1 fully saturated rings. The predicted octanol–water partition coefficient (Wildman–Crippen LogP) is -0.963. The van der Waals surface area contributed by atoms with Gasteiger partial charge in [0, 0.05) is 21.3 Å². The average Bonchev–Trinajstić information content (AvgIpc) is 2.56. The minimum absolute atomic E-state index is 0.0157. The van der Waals surface area contributed by atoms with Crippen molar-refractivity contribution < 1.29 is 23.7 Å². The first-order chi connectivity index (χ1) is 7.74. The van der Waals surface area contributed by atoms with Crippen molar-refractivity contribution in [3.63, 3.8) is 0 Å². The van der Waals surface area contributed by atoms with Gasteiger partial charge in [-0.1, -0.05) is 0 Å². The van der Waals surface area contributed by atoms with Crippen molar-refractivity contribution in [3.05, 3.63) is 0 Å². The molecule has 0 amide bonds. The van der Waals surface area contributed by atoms with Crippen LogP contribution in [-0.4, -0.2) is 73.3 Å². The van der Waals surface area contributed by atoms with Crippen LogP contribution in [0.1, 0.15) is 0 Å². The fourth-order valence-corrected chi connectivity index (χ4v) is 1.99. The molecule has 5 nitrogen and oxygen atoms in total. The highest BCUT2D eigenvalue weighted by molar-refractivity contribution is 6.11. The maximum atomic E-state index is 5.73.